The summed E-state index contributed by atoms with van der Waals surface area (Å²) in [5.74, 6) is -0.0351. The van der Waals surface area contributed by atoms with Crippen molar-refractivity contribution in [3.05, 3.63) is 36.4 Å². The van der Waals surface area contributed by atoms with Crippen LogP contribution in [0.25, 0.3) is 0 Å². The highest BCUT2D eigenvalue weighted by Crippen LogP contribution is 2.33. The predicted molar refractivity (Wildman–Crippen MR) is 76.4 cm³/mol. The Hall–Kier alpha value is -1.85. The quantitative estimate of drug-likeness (QED) is 0.665. The van der Waals surface area contributed by atoms with Crippen LogP contribution in [-0.4, -0.2) is 37.8 Å². The van der Waals surface area contributed by atoms with Crippen LogP contribution in [0.5, 0.6) is 0 Å². The highest BCUT2D eigenvalue weighted by molar-refractivity contribution is 6.03. The lowest BCUT2D eigenvalue weighted by Crippen LogP contribution is -2.26. The van der Waals surface area contributed by atoms with E-state index in [9.17, 15) is 4.79 Å². The monoisotopic (exact) mass is 261 g/mol. The normalized spacial score (nSPS) is 16.9. The van der Waals surface area contributed by atoms with Gasteiger partial charge in [0.15, 0.2) is 0 Å². The molecule has 19 heavy (non-hydrogen) atoms. The smallest absolute Gasteiger partial charge is 0.246 e. The van der Waals surface area contributed by atoms with Gasteiger partial charge in [0, 0.05) is 30.0 Å². The first kappa shape index (κ1) is 13.6. The summed E-state index contributed by atoms with van der Waals surface area (Å²) in [6.07, 6.45) is 1.79. The van der Waals surface area contributed by atoms with Gasteiger partial charge < -0.3 is 20.6 Å². The second-order valence-corrected chi connectivity index (χ2v) is 4.44. The van der Waals surface area contributed by atoms with Gasteiger partial charge in [0.25, 0.3) is 0 Å². The van der Waals surface area contributed by atoms with E-state index in [1.54, 1.807) is 13.1 Å². The molecule has 102 valence electrons. The fourth-order valence-corrected chi connectivity index (χ4v) is 2.34. The summed E-state index contributed by atoms with van der Waals surface area (Å²) in [5.41, 5.74) is 2.75. The summed E-state index contributed by atoms with van der Waals surface area (Å²) in [6, 6.07) is 5.55. The molecule has 0 saturated heterocycles. The predicted octanol–water partition coefficient (Wildman–Crippen LogP) is 0.884. The average molecular weight is 261 g/mol. The molecule has 1 aromatic carbocycles. The van der Waals surface area contributed by atoms with Crippen LogP contribution in [0.2, 0.25) is 0 Å². The lowest BCUT2D eigenvalue weighted by Gasteiger charge is -2.23. The minimum atomic E-state index is -0.283. The van der Waals surface area contributed by atoms with Gasteiger partial charge in [-0.3, -0.25) is 4.79 Å². The van der Waals surface area contributed by atoms with Crippen LogP contribution >= 0.6 is 0 Å². The van der Waals surface area contributed by atoms with E-state index in [2.05, 4.69) is 17.2 Å². The van der Waals surface area contributed by atoms with Crippen LogP contribution in [-0.2, 0) is 4.79 Å². The molecule has 1 aliphatic heterocycles. The van der Waals surface area contributed by atoms with Gasteiger partial charge in [0.05, 0.1) is 6.61 Å². The van der Waals surface area contributed by atoms with Crippen LogP contribution in [0.4, 0.5) is 11.4 Å². The van der Waals surface area contributed by atoms with Gasteiger partial charge in [0.2, 0.25) is 5.91 Å². The molecule has 0 saturated carbocycles. The Kier molecular flexibility index (Phi) is 4.19. The lowest BCUT2D eigenvalue weighted by molar-refractivity contribution is -0.117. The third-order valence-electron chi connectivity index (χ3n) is 3.24. The van der Waals surface area contributed by atoms with Gasteiger partial charge in [-0.1, -0.05) is 12.1 Å². The van der Waals surface area contributed by atoms with Crippen molar-refractivity contribution >= 4 is 17.3 Å². The molecule has 0 aromatic heterocycles. The maximum atomic E-state index is 11.8. The average Bonchev–Trinajstić information content (AvgIpc) is 2.72. The first-order valence-electron chi connectivity index (χ1n) is 6.30. The van der Waals surface area contributed by atoms with E-state index in [1.165, 1.54) is 0 Å². The van der Waals surface area contributed by atoms with E-state index in [4.69, 9.17) is 5.11 Å². The Morgan fingerprint density at radius 2 is 2.37 bits per heavy atom. The number of benzene rings is 1. The molecule has 0 aliphatic carbocycles. The summed E-state index contributed by atoms with van der Waals surface area (Å²) in [5, 5.41) is 14.9. The molecule has 5 nitrogen and oxygen atoms in total. The maximum absolute atomic E-state index is 11.8. The van der Waals surface area contributed by atoms with E-state index in [1.807, 2.05) is 23.1 Å². The highest BCUT2D eigenvalue weighted by atomic mass is 16.3. The number of carbonyl (C=O) groups excluding carboxylic acids is 1. The number of nitrogens with one attached hydrogen (secondary N) is 2. The molecule has 2 rings (SSSR count). The molecule has 1 amide bonds. The Balaban J connectivity index is 2.29. The maximum Gasteiger partial charge on any atom is 0.246 e. The van der Waals surface area contributed by atoms with Crippen LogP contribution in [0.15, 0.2) is 30.9 Å². The molecule has 1 atom stereocenters. The number of likely N-dealkylation sites (N-methyl/N-ethyl adjacent to an activating group) is 1. The number of hydrogen-bond donors (Lipinski definition) is 3. The van der Waals surface area contributed by atoms with Crippen molar-refractivity contribution in [1.29, 1.82) is 0 Å². The third kappa shape index (κ3) is 2.62. The summed E-state index contributed by atoms with van der Waals surface area (Å²) in [7, 11) is 1.77. The molecule has 0 bridgehead atoms. The van der Waals surface area contributed by atoms with Gasteiger partial charge in [-0.2, -0.15) is 0 Å². The lowest BCUT2D eigenvalue weighted by atomic mass is 10.1. The summed E-state index contributed by atoms with van der Waals surface area (Å²) >= 11 is 0. The summed E-state index contributed by atoms with van der Waals surface area (Å²) < 4.78 is 0. The van der Waals surface area contributed by atoms with Crippen molar-refractivity contribution in [3.63, 3.8) is 0 Å². The third-order valence-corrected chi connectivity index (χ3v) is 3.24. The number of aliphatic hydroxyl groups excluding tert-OH is 1. The van der Waals surface area contributed by atoms with Gasteiger partial charge in [-0.15, -0.1) is 6.58 Å². The Labute approximate surface area is 112 Å². The minimum absolute atomic E-state index is 0.0351. The molecular weight excluding hydrogens is 242 g/mol. The summed E-state index contributed by atoms with van der Waals surface area (Å²) in [6.45, 7) is 4.99. The van der Waals surface area contributed by atoms with Crippen LogP contribution < -0.4 is 15.5 Å². The molecule has 0 spiro atoms. The van der Waals surface area contributed by atoms with Crippen molar-refractivity contribution in [1.82, 2.24) is 5.32 Å². The van der Waals surface area contributed by atoms with Gasteiger partial charge in [0.1, 0.15) is 6.04 Å². The van der Waals surface area contributed by atoms with Crippen molar-refractivity contribution in [2.75, 3.05) is 37.0 Å². The molecule has 1 unspecified atom stereocenters. The zero-order valence-corrected chi connectivity index (χ0v) is 11.0. The number of hydrogen-bond acceptors (Lipinski definition) is 4. The zero-order valence-electron chi connectivity index (χ0n) is 11.0. The second-order valence-electron chi connectivity index (χ2n) is 4.44. The molecule has 1 aliphatic rings. The fourth-order valence-electron chi connectivity index (χ4n) is 2.34. The molecule has 1 heterocycles. The minimum Gasteiger partial charge on any atom is -0.395 e. The van der Waals surface area contributed by atoms with Crippen molar-refractivity contribution in [2.45, 2.75) is 6.04 Å². The van der Waals surface area contributed by atoms with Gasteiger partial charge in [-0.25, -0.2) is 0 Å². The number of rotatable bonds is 6. The van der Waals surface area contributed by atoms with Gasteiger partial charge >= 0.3 is 0 Å². The largest absolute Gasteiger partial charge is 0.395 e. The number of anilines is 2. The zero-order chi connectivity index (χ0) is 13.8. The molecule has 5 heteroatoms. The SMILES string of the molecule is C=CCN(CCO)c1ccc2c(c1)NC(=O)C2NC. The first-order valence-corrected chi connectivity index (χ1v) is 6.30. The van der Waals surface area contributed by atoms with Crippen LogP contribution in [0, 0.1) is 0 Å². The van der Waals surface area contributed by atoms with Crippen molar-refractivity contribution < 1.29 is 9.90 Å². The van der Waals surface area contributed by atoms with Crippen molar-refractivity contribution in [3.8, 4) is 0 Å². The standard InChI is InChI=1S/C14H19N3O2/c1-3-6-17(7-8-18)10-4-5-11-12(9-10)16-14(19)13(11)15-2/h3-5,9,13,15,18H,1,6-8H2,2H3,(H,16,19). The van der Waals surface area contributed by atoms with E-state index in [0.29, 0.717) is 13.1 Å². The number of amides is 1. The number of nitrogens with zero attached hydrogens (tertiary/aromatic N) is 1. The first-order chi connectivity index (χ1) is 9.21. The highest BCUT2D eigenvalue weighted by Gasteiger charge is 2.29. The molecular formula is C14H19N3O2. The Bertz CT molecular complexity index is 488. The van der Waals surface area contributed by atoms with Crippen LogP contribution in [0.3, 0.4) is 0 Å². The molecule has 0 radical (unpaired) electrons. The summed E-state index contributed by atoms with van der Waals surface area (Å²) in [4.78, 5) is 13.8. The second kappa shape index (κ2) is 5.86. The molecule has 3 N–H and O–H groups in total. The Morgan fingerprint density at radius 1 is 1.58 bits per heavy atom. The molecule has 0 fully saturated rings. The van der Waals surface area contributed by atoms with E-state index in [0.717, 1.165) is 16.9 Å². The number of aliphatic hydroxyl groups is 1. The fraction of sp³-hybridized carbons (Fsp3) is 0.357. The number of carbonyl (C=O) groups is 1. The topological polar surface area (TPSA) is 64.6 Å². The van der Waals surface area contributed by atoms with Crippen LogP contribution in [0.1, 0.15) is 11.6 Å². The molecule has 1 aromatic rings. The van der Waals surface area contributed by atoms with E-state index in [-0.39, 0.29) is 18.6 Å². The Morgan fingerprint density at radius 3 is 3.00 bits per heavy atom. The van der Waals surface area contributed by atoms with Crippen molar-refractivity contribution in [2.24, 2.45) is 0 Å². The van der Waals surface area contributed by atoms with E-state index >= 15 is 0 Å². The van der Waals surface area contributed by atoms with E-state index < -0.39 is 0 Å². The van der Waals surface area contributed by atoms with Gasteiger partial charge in [-0.05, 0) is 19.2 Å². The number of fused-ring (bicyclic) bond motifs is 1.